The lowest BCUT2D eigenvalue weighted by Crippen LogP contribution is -2.29. The lowest BCUT2D eigenvalue weighted by atomic mass is 10.1. The van der Waals surface area contributed by atoms with Crippen LogP contribution in [0, 0.1) is 12.8 Å². The third kappa shape index (κ3) is 3.94. The van der Waals surface area contributed by atoms with E-state index in [1.165, 1.54) is 6.39 Å². The summed E-state index contributed by atoms with van der Waals surface area (Å²) in [5.41, 5.74) is 2.08. The number of aromatic nitrogens is 1. The summed E-state index contributed by atoms with van der Waals surface area (Å²) in [6, 6.07) is 7.57. The number of hydrogen-bond donors (Lipinski definition) is 2. The van der Waals surface area contributed by atoms with Gasteiger partial charge in [0.25, 0.3) is 5.91 Å². The van der Waals surface area contributed by atoms with Crippen LogP contribution in [0.3, 0.4) is 0 Å². The summed E-state index contributed by atoms with van der Waals surface area (Å²) in [5.74, 6) is -1.01. The molecular formula is C16H18N2O4. The normalized spacial score (nSPS) is 11.9. The van der Waals surface area contributed by atoms with E-state index < -0.39 is 5.97 Å². The number of carboxylic acids is 1. The van der Waals surface area contributed by atoms with Gasteiger partial charge in [0, 0.05) is 18.5 Å². The Balaban J connectivity index is 2.07. The van der Waals surface area contributed by atoms with Gasteiger partial charge in [0.1, 0.15) is 0 Å². The van der Waals surface area contributed by atoms with Crippen molar-refractivity contribution in [2.45, 2.75) is 20.3 Å². The number of carbonyl (C=O) groups excluding carboxylic acids is 1. The molecule has 1 aromatic carbocycles. The maximum Gasteiger partial charge on any atom is 0.303 e. The average molecular weight is 302 g/mol. The number of amides is 1. The first kappa shape index (κ1) is 15.8. The predicted octanol–water partition coefficient (Wildman–Crippen LogP) is 2.49. The van der Waals surface area contributed by atoms with Crippen LogP contribution in [0.4, 0.5) is 0 Å². The third-order valence-electron chi connectivity index (χ3n) is 3.23. The molecule has 1 aromatic heterocycles. The van der Waals surface area contributed by atoms with Gasteiger partial charge >= 0.3 is 5.97 Å². The molecule has 6 nitrogen and oxygen atoms in total. The van der Waals surface area contributed by atoms with E-state index in [4.69, 9.17) is 9.52 Å². The van der Waals surface area contributed by atoms with E-state index in [1.54, 1.807) is 6.92 Å². The molecule has 22 heavy (non-hydrogen) atoms. The minimum Gasteiger partial charge on any atom is -0.481 e. The molecule has 0 fully saturated rings. The Bertz CT molecular complexity index is 661. The Morgan fingerprint density at radius 3 is 2.64 bits per heavy atom. The van der Waals surface area contributed by atoms with Gasteiger partial charge in [0.2, 0.25) is 0 Å². The summed E-state index contributed by atoms with van der Waals surface area (Å²) in [7, 11) is 0. The molecule has 6 heteroatoms. The molecule has 0 spiro atoms. The molecule has 0 saturated heterocycles. The van der Waals surface area contributed by atoms with E-state index in [-0.39, 0.29) is 30.5 Å². The molecule has 1 heterocycles. The summed E-state index contributed by atoms with van der Waals surface area (Å²) < 4.78 is 5.32. The highest BCUT2D eigenvalue weighted by Gasteiger charge is 2.19. The van der Waals surface area contributed by atoms with Gasteiger partial charge in [0.05, 0.1) is 0 Å². The van der Waals surface area contributed by atoms with Crippen molar-refractivity contribution in [2.75, 3.05) is 6.54 Å². The van der Waals surface area contributed by atoms with E-state index in [2.05, 4.69) is 10.3 Å². The first-order valence-corrected chi connectivity index (χ1v) is 6.98. The van der Waals surface area contributed by atoms with Gasteiger partial charge in [-0.2, -0.15) is 0 Å². The first-order valence-electron chi connectivity index (χ1n) is 6.98. The zero-order valence-corrected chi connectivity index (χ0v) is 12.5. The molecular weight excluding hydrogens is 284 g/mol. The number of benzene rings is 1. The number of nitrogens with one attached hydrogen (secondary N) is 1. The molecule has 1 unspecified atom stereocenters. The van der Waals surface area contributed by atoms with E-state index in [0.29, 0.717) is 5.76 Å². The van der Waals surface area contributed by atoms with Crippen LogP contribution in [-0.4, -0.2) is 28.5 Å². The number of carbonyl (C=O) groups is 2. The van der Waals surface area contributed by atoms with Crippen molar-refractivity contribution in [2.24, 2.45) is 5.92 Å². The Morgan fingerprint density at radius 1 is 1.32 bits per heavy atom. The van der Waals surface area contributed by atoms with Gasteiger partial charge in [-0.1, -0.05) is 36.8 Å². The van der Waals surface area contributed by atoms with Crippen molar-refractivity contribution in [3.63, 3.8) is 0 Å². The van der Waals surface area contributed by atoms with Crippen LogP contribution in [0.2, 0.25) is 0 Å². The molecule has 0 aliphatic carbocycles. The number of aryl methyl sites for hydroxylation is 1. The number of rotatable bonds is 6. The zero-order valence-electron chi connectivity index (χ0n) is 12.5. The molecule has 0 aliphatic heterocycles. The summed E-state index contributed by atoms with van der Waals surface area (Å²) in [6.45, 7) is 4.00. The Kier molecular flexibility index (Phi) is 4.93. The van der Waals surface area contributed by atoms with Crippen molar-refractivity contribution in [1.82, 2.24) is 10.3 Å². The van der Waals surface area contributed by atoms with Gasteiger partial charge in [-0.15, -0.1) is 0 Å². The highest BCUT2D eigenvalue weighted by atomic mass is 16.4. The molecule has 0 radical (unpaired) electrons. The molecule has 0 aliphatic rings. The standard InChI is InChI=1S/C16H18N2O4/c1-10-3-5-12(6-4-10)15-14(18-9-22-15)16(21)17-8-11(2)7-13(19)20/h3-6,9,11H,7-8H2,1-2H3,(H,17,21)(H,19,20). The largest absolute Gasteiger partial charge is 0.481 e. The summed E-state index contributed by atoms with van der Waals surface area (Å²) in [5, 5.41) is 11.4. The SMILES string of the molecule is Cc1ccc(-c2ocnc2C(=O)NCC(C)CC(=O)O)cc1. The Labute approximate surface area is 128 Å². The summed E-state index contributed by atoms with van der Waals surface area (Å²) in [4.78, 5) is 26.7. The third-order valence-corrected chi connectivity index (χ3v) is 3.23. The van der Waals surface area contributed by atoms with Gasteiger partial charge in [-0.3, -0.25) is 9.59 Å². The van der Waals surface area contributed by atoms with Crippen molar-refractivity contribution in [3.05, 3.63) is 41.9 Å². The number of aliphatic carboxylic acids is 1. The van der Waals surface area contributed by atoms with Crippen molar-refractivity contribution < 1.29 is 19.1 Å². The monoisotopic (exact) mass is 302 g/mol. The molecule has 1 atom stereocenters. The fourth-order valence-corrected chi connectivity index (χ4v) is 2.04. The van der Waals surface area contributed by atoms with Crippen LogP contribution >= 0.6 is 0 Å². The van der Waals surface area contributed by atoms with E-state index in [1.807, 2.05) is 31.2 Å². The van der Waals surface area contributed by atoms with Crippen molar-refractivity contribution in [1.29, 1.82) is 0 Å². The molecule has 2 N–H and O–H groups in total. The predicted molar refractivity (Wildman–Crippen MR) is 80.4 cm³/mol. The minimum atomic E-state index is -0.886. The van der Waals surface area contributed by atoms with Crippen LogP contribution < -0.4 is 5.32 Å². The molecule has 2 aromatic rings. The van der Waals surface area contributed by atoms with E-state index in [9.17, 15) is 9.59 Å². The lowest BCUT2D eigenvalue weighted by Gasteiger charge is -2.09. The second kappa shape index (κ2) is 6.89. The molecule has 116 valence electrons. The van der Waals surface area contributed by atoms with E-state index in [0.717, 1.165) is 11.1 Å². The number of hydrogen-bond acceptors (Lipinski definition) is 4. The highest BCUT2D eigenvalue weighted by molar-refractivity contribution is 5.97. The van der Waals surface area contributed by atoms with Crippen LogP contribution in [-0.2, 0) is 4.79 Å². The van der Waals surface area contributed by atoms with Crippen molar-refractivity contribution in [3.8, 4) is 11.3 Å². The smallest absolute Gasteiger partial charge is 0.303 e. The highest BCUT2D eigenvalue weighted by Crippen LogP contribution is 2.23. The van der Waals surface area contributed by atoms with Gasteiger partial charge in [-0.05, 0) is 12.8 Å². The van der Waals surface area contributed by atoms with Gasteiger partial charge < -0.3 is 14.8 Å². The molecule has 0 saturated carbocycles. The average Bonchev–Trinajstić information content (AvgIpc) is 2.94. The van der Waals surface area contributed by atoms with Crippen LogP contribution in [0.5, 0.6) is 0 Å². The first-order chi connectivity index (χ1) is 10.5. The lowest BCUT2D eigenvalue weighted by molar-refractivity contribution is -0.137. The van der Waals surface area contributed by atoms with Crippen LogP contribution in [0.25, 0.3) is 11.3 Å². The second-order valence-corrected chi connectivity index (χ2v) is 5.31. The summed E-state index contributed by atoms with van der Waals surface area (Å²) >= 11 is 0. The fourth-order valence-electron chi connectivity index (χ4n) is 2.04. The zero-order chi connectivity index (χ0) is 16.1. The molecule has 1 amide bonds. The van der Waals surface area contributed by atoms with Gasteiger partial charge in [0.15, 0.2) is 17.8 Å². The Morgan fingerprint density at radius 2 is 2.00 bits per heavy atom. The maximum atomic E-state index is 12.2. The number of nitrogens with zero attached hydrogens (tertiary/aromatic N) is 1. The number of carboxylic acid groups (broad SMARTS) is 1. The van der Waals surface area contributed by atoms with E-state index >= 15 is 0 Å². The summed E-state index contributed by atoms with van der Waals surface area (Å²) in [6.07, 6.45) is 1.23. The van der Waals surface area contributed by atoms with Gasteiger partial charge in [-0.25, -0.2) is 4.98 Å². The molecule has 0 bridgehead atoms. The molecule has 2 rings (SSSR count). The van der Waals surface area contributed by atoms with Crippen molar-refractivity contribution >= 4 is 11.9 Å². The topological polar surface area (TPSA) is 92.4 Å². The Hall–Kier alpha value is -2.63. The quantitative estimate of drug-likeness (QED) is 0.855. The fraction of sp³-hybridized carbons (Fsp3) is 0.312. The number of oxazole rings is 1. The second-order valence-electron chi connectivity index (χ2n) is 5.31. The van der Waals surface area contributed by atoms with Crippen LogP contribution in [0.15, 0.2) is 35.1 Å². The van der Waals surface area contributed by atoms with Crippen LogP contribution in [0.1, 0.15) is 29.4 Å². The minimum absolute atomic E-state index is 0.00388. The maximum absolute atomic E-state index is 12.2.